The van der Waals surface area contributed by atoms with Gasteiger partial charge in [-0.15, -0.1) is 0 Å². The van der Waals surface area contributed by atoms with Crippen molar-refractivity contribution in [3.8, 4) is 17.0 Å². The summed E-state index contributed by atoms with van der Waals surface area (Å²) >= 11 is 0. The Bertz CT molecular complexity index is 1050. The number of hydrogen-bond acceptors (Lipinski definition) is 4. The molecule has 1 aromatic heterocycles. The lowest BCUT2D eigenvalue weighted by molar-refractivity contribution is 0.204. The van der Waals surface area contributed by atoms with E-state index >= 15 is 0 Å². The number of nitrogens with one attached hydrogen (secondary N) is 1. The number of nitrogens with two attached hydrogens (primary N) is 1. The first-order valence-electron chi connectivity index (χ1n) is 10.4. The fourth-order valence-electron chi connectivity index (χ4n) is 3.50. The molecule has 0 radical (unpaired) electrons. The van der Waals surface area contributed by atoms with Crippen molar-refractivity contribution in [1.82, 2.24) is 9.97 Å². The molecule has 0 spiro atoms. The number of aliphatic hydroxyl groups is 1. The Labute approximate surface area is 182 Å². The smallest absolute Gasteiger partial charge is 0.128 e. The highest BCUT2D eigenvalue weighted by atomic mass is 16.5. The molecule has 0 aliphatic heterocycles. The molecule has 0 aliphatic rings. The predicted octanol–water partition coefficient (Wildman–Crippen LogP) is 4.45. The molecule has 3 aromatic carbocycles. The topological polar surface area (TPSA) is 84.2 Å². The summed E-state index contributed by atoms with van der Waals surface area (Å²) < 4.78 is 6.17. The number of ether oxygens (including phenoxy) is 1. The van der Waals surface area contributed by atoms with E-state index in [-0.39, 0.29) is 12.5 Å². The summed E-state index contributed by atoms with van der Waals surface area (Å²) in [7, 11) is 0. The highest BCUT2D eigenvalue weighted by Gasteiger charge is 2.23. The molecule has 5 heteroatoms. The van der Waals surface area contributed by atoms with Crippen molar-refractivity contribution in [3.05, 3.63) is 108 Å². The first-order valence-corrected chi connectivity index (χ1v) is 10.4. The first-order chi connectivity index (χ1) is 15.1. The van der Waals surface area contributed by atoms with Crippen molar-refractivity contribution < 1.29 is 9.84 Å². The van der Waals surface area contributed by atoms with Crippen LogP contribution in [0, 0.1) is 0 Å². The fourth-order valence-corrected chi connectivity index (χ4v) is 3.50. The standard InChI is InChI=1S/C26H27N3O2/c1-26(27,18-30)25-28-16-24(29-25)21-12-14-22(15-13-21)31-17-23(19-8-4-2-5-9-19)20-10-6-3-7-11-20/h2-16,23,30H,17-18,27H2,1H3,(H,28,29)/t26-/m0/s1. The molecule has 1 atom stereocenters. The molecule has 0 saturated heterocycles. The van der Waals surface area contributed by atoms with Gasteiger partial charge in [-0.2, -0.15) is 0 Å². The summed E-state index contributed by atoms with van der Waals surface area (Å²) in [5.74, 6) is 1.51. The number of imidazole rings is 1. The molecule has 31 heavy (non-hydrogen) atoms. The van der Waals surface area contributed by atoms with Crippen LogP contribution in [0.1, 0.15) is 29.8 Å². The van der Waals surface area contributed by atoms with Crippen LogP contribution in [0.5, 0.6) is 5.75 Å². The number of aliphatic hydroxyl groups excluding tert-OH is 1. The number of nitrogens with zero attached hydrogens (tertiary/aromatic N) is 1. The van der Waals surface area contributed by atoms with Gasteiger partial charge in [0.25, 0.3) is 0 Å². The molecular formula is C26H27N3O2. The Balaban J connectivity index is 1.48. The van der Waals surface area contributed by atoms with Gasteiger partial charge in [-0.1, -0.05) is 60.7 Å². The van der Waals surface area contributed by atoms with Crippen molar-refractivity contribution in [2.24, 2.45) is 5.73 Å². The molecule has 158 valence electrons. The van der Waals surface area contributed by atoms with Crippen LogP contribution in [0.25, 0.3) is 11.3 Å². The second-order valence-corrected chi connectivity index (χ2v) is 7.93. The minimum atomic E-state index is -0.898. The van der Waals surface area contributed by atoms with E-state index in [4.69, 9.17) is 10.5 Å². The number of aromatic nitrogens is 2. The molecule has 0 aliphatic carbocycles. The van der Waals surface area contributed by atoms with Gasteiger partial charge in [0.1, 0.15) is 11.6 Å². The Hall–Kier alpha value is -3.41. The third kappa shape index (κ3) is 4.85. The van der Waals surface area contributed by atoms with Gasteiger partial charge in [-0.25, -0.2) is 4.98 Å². The van der Waals surface area contributed by atoms with E-state index in [1.54, 1.807) is 13.1 Å². The zero-order valence-electron chi connectivity index (χ0n) is 17.5. The molecule has 0 unspecified atom stereocenters. The molecule has 4 rings (SSSR count). The summed E-state index contributed by atoms with van der Waals surface area (Å²) in [4.78, 5) is 7.51. The lowest BCUT2D eigenvalue weighted by Crippen LogP contribution is -2.38. The van der Waals surface area contributed by atoms with Crippen LogP contribution in [0.15, 0.2) is 91.1 Å². The SMILES string of the molecule is C[C@](N)(CO)c1ncc(-c2ccc(OCC(c3ccccc3)c3ccccc3)cc2)[nH]1. The summed E-state index contributed by atoms with van der Waals surface area (Å²) in [6.07, 6.45) is 1.73. The van der Waals surface area contributed by atoms with Crippen molar-refractivity contribution in [2.75, 3.05) is 13.2 Å². The summed E-state index contributed by atoms with van der Waals surface area (Å²) in [6, 6.07) is 28.7. The normalized spacial score (nSPS) is 13.2. The molecule has 0 bridgehead atoms. The average Bonchev–Trinajstić information content (AvgIpc) is 3.32. The van der Waals surface area contributed by atoms with Crippen LogP contribution in [-0.2, 0) is 5.54 Å². The molecule has 1 heterocycles. The van der Waals surface area contributed by atoms with Gasteiger partial charge < -0.3 is 20.6 Å². The van der Waals surface area contributed by atoms with Crippen LogP contribution in [0.3, 0.4) is 0 Å². The number of benzene rings is 3. The lowest BCUT2D eigenvalue weighted by atomic mass is 9.92. The summed E-state index contributed by atoms with van der Waals surface area (Å²) in [5.41, 5.74) is 9.43. The lowest BCUT2D eigenvalue weighted by Gasteiger charge is -2.19. The minimum Gasteiger partial charge on any atom is -0.493 e. The zero-order chi connectivity index (χ0) is 21.7. The molecule has 4 aromatic rings. The van der Waals surface area contributed by atoms with Gasteiger partial charge in [0.2, 0.25) is 0 Å². The molecule has 0 fully saturated rings. The summed E-state index contributed by atoms with van der Waals surface area (Å²) in [5, 5.41) is 9.43. The molecular weight excluding hydrogens is 386 g/mol. The van der Waals surface area contributed by atoms with E-state index in [1.807, 2.05) is 36.4 Å². The van der Waals surface area contributed by atoms with Crippen LogP contribution in [0.2, 0.25) is 0 Å². The molecule has 0 amide bonds. The Kier molecular flexibility index (Phi) is 6.16. The molecule has 0 saturated carbocycles. The highest BCUT2D eigenvalue weighted by molar-refractivity contribution is 5.59. The fraction of sp³-hybridized carbons (Fsp3) is 0.192. The molecule has 4 N–H and O–H groups in total. The van der Waals surface area contributed by atoms with Crippen LogP contribution in [0.4, 0.5) is 0 Å². The second-order valence-electron chi connectivity index (χ2n) is 7.93. The van der Waals surface area contributed by atoms with E-state index in [9.17, 15) is 5.11 Å². The van der Waals surface area contributed by atoms with Crippen molar-refractivity contribution in [2.45, 2.75) is 18.4 Å². The maximum atomic E-state index is 9.43. The van der Waals surface area contributed by atoms with Gasteiger partial charge in [0.05, 0.1) is 30.6 Å². The highest BCUT2D eigenvalue weighted by Crippen LogP contribution is 2.27. The Morgan fingerprint density at radius 1 is 0.935 bits per heavy atom. The zero-order valence-corrected chi connectivity index (χ0v) is 17.5. The van der Waals surface area contributed by atoms with Gasteiger partial charge in [0.15, 0.2) is 0 Å². The maximum absolute atomic E-state index is 9.43. The number of hydrogen-bond donors (Lipinski definition) is 3. The van der Waals surface area contributed by atoms with Crippen molar-refractivity contribution in [1.29, 1.82) is 0 Å². The third-order valence-corrected chi connectivity index (χ3v) is 5.43. The van der Waals surface area contributed by atoms with Crippen molar-refractivity contribution >= 4 is 0 Å². The van der Waals surface area contributed by atoms with Gasteiger partial charge in [0, 0.05) is 5.92 Å². The average molecular weight is 414 g/mol. The van der Waals surface area contributed by atoms with E-state index < -0.39 is 5.54 Å². The first kappa shape index (κ1) is 20.8. The number of rotatable bonds is 8. The van der Waals surface area contributed by atoms with Gasteiger partial charge in [-0.05, 0) is 47.9 Å². The predicted molar refractivity (Wildman–Crippen MR) is 123 cm³/mol. The van der Waals surface area contributed by atoms with Crippen LogP contribution < -0.4 is 10.5 Å². The van der Waals surface area contributed by atoms with Crippen LogP contribution >= 0.6 is 0 Å². The number of aromatic amines is 1. The minimum absolute atomic E-state index is 0.151. The molecule has 5 nitrogen and oxygen atoms in total. The van der Waals surface area contributed by atoms with Gasteiger partial charge in [-0.3, -0.25) is 0 Å². The third-order valence-electron chi connectivity index (χ3n) is 5.43. The largest absolute Gasteiger partial charge is 0.493 e. The van der Waals surface area contributed by atoms with Crippen molar-refractivity contribution in [3.63, 3.8) is 0 Å². The Morgan fingerprint density at radius 3 is 2.06 bits per heavy atom. The van der Waals surface area contributed by atoms with Gasteiger partial charge >= 0.3 is 0 Å². The second kappa shape index (κ2) is 9.16. The van der Waals surface area contributed by atoms with E-state index in [1.165, 1.54) is 11.1 Å². The van der Waals surface area contributed by atoms with Crippen LogP contribution in [-0.4, -0.2) is 28.3 Å². The van der Waals surface area contributed by atoms with E-state index in [2.05, 4.69) is 58.5 Å². The summed E-state index contributed by atoms with van der Waals surface area (Å²) in [6.45, 7) is 2.10. The monoisotopic (exact) mass is 413 g/mol. The number of H-pyrrole nitrogens is 1. The van der Waals surface area contributed by atoms with E-state index in [0.29, 0.717) is 12.4 Å². The maximum Gasteiger partial charge on any atom is 0.128 e. The Morgan fingerprint density at radius 2 is 1.52 bits per heavy atom. The quantitative estimate of drug-likeness (QED) is 0.398. The van der Waals surface area contributed by atoms with E-state index in [0.717, 1.165) is 17.0 Å².